The van der Waals surface area contributed by atoms with Crippen LogP contribution in [-0.4, -0.2) is 56.4 Å². The third-order valence-corrected chi connectivity index (χ3v) is 10.6. The van der Waals surface area contributed by atoms with E-state index < -0.39 is 29.0 Å². The van der Waals surface area contributed by atoms with Crippen LogP contribution in [0.4, 0.5) is 0 Å². The fourth-order valence-corrected chi connectivity index (χ4v) is 7.80. The number of carbonyl (C=O) groups is 1. The molecule has 2 saturated heterocycles. The summed E-state index contributed by atoms with van der Waals surface area (Å²) in [6.07, 6.45) is 4.46. The predicted octanol–water partition coefficient (Wildman–Crippen LogP) is 3.12. The van der Waals surface area contributed by atoms with Gasteiger partial charge in [-0.2, -0.15) is 0 Å². The summed E-state index contributed by atoms with van der Waals surface area (Å²) >= 11 is 0. The van der Waals surface area contributed by atoms with Gasteiger partial charge in [-0.3, -0.25) is 4.79 Å². The van der Waals surface area contributed by atoms with Crippen molar-refractivity contribution in [2.45, 2.75) is 107 Å². The Labute approximate surface area is 201 Å². The van der Waals surface area contributed by atoms with Crippen molar-refractivity contribution in [3.05, 3.63) is 47.0 Å². The number of allylic oxidation sites excluding steroid dienone is 1. The van der Waals surface area contributed by atoms with E-state index in [0.29, 0.717) is 12.8 Å². The number of ether oxygens (including phenoxy) is 2. The van der Waals surface area contributed by atoms with E-state index in [4.69, 9.17) is 9.47 Å². The van der Waals surface area contributed by atoms with Gasteiger partial charge in [0.2, 0.25) is 0 Å². The van der Waals surface area contributed by atoms with Crippen molar-refractivity contribution in [2.24, 2.45) is 11.3 Å². The van der Waals surface area contributed by atoms with E-state index in [2.05, 4.69) is 25.1 Å². The summed E-state index contributed by atoms with van der Waals surface area (Å²) in [6.45, 7) is 7.95. The molecule has 184 valence electrons. The maximum absolute atomic E-state index is 13.1. The lowest BCUT2D eigenvalue weighted by molar-refractivity contribution is -0.207. The standard InChI is InChI=1S/C28H36O6/c1-15(21-14-25(2)27(4,34-25)24(31)33-21)16-7-9-18-17(12-16)8-10-20-19(18)13-23(30)28(32)11-5-6-22(29)26(20,28)3/h5-7,9,12,15,19-21,23-24,30-32H,8,10-11,13-14H2,1-4H3. The molecule has 0 amide bonds. The fraction of sp³-hybridized carbons (Fsp3) is 0.679. The number of aliphatic hydroxyl groups is 3. The number of benzene rings is 1. The zero-order valence-corrected chi connectivity index (χ0v) is 20.5. The Morgan fingerprint density at radius 3 is 2.68 bits per heavy atom. The molecule has 10 atom stereocenters. The smallest absolute Gasteiger partial charge is 0.186 e. The highest BCUT2D eigenvalue weighted by Crippen LogP contribution is 2.61. The van der Waals surface area contributed by atoms with Crippen LogP contribution >= 0.6 is 0 Å². The number of aliphatic hydroxyl groups excluding tert-OH is 2. The molecule has 10 unspecified atom stereocenters. The van der Waals surface area contributed by atoms with Crippen LogP contribution in [0.5, 0.6) is 0 Å². The van der Waals surface area contributed by atoms with Crippen molar-refractivity contribution >= 4 is 5.78 Å². The van der Waals surface area contributed by atoms with Crippen LogP contribution in [0.1, 0.15) is 81.9 Å². The van der Waals surface area contributed by atoms with Gasteiger partial charge in [0, 0.05) is 12.3 Å². The van der Waals surface area contributed by atoms with Gasteiger partial charge in [0.05, 0.1) is 17.6 Å². The number of ketones is 1. The molecular formula is C28H36O6. The van der Waals surface area contributed by atoms with E-state index in [1.54, 1.807) is 12.2 Å². The number of aryl methyl sites for hydroxylation is 1. The largest absolute Gasteiger partial charge is 0.390 e. The molecule has 2 heterocycles. The molecule has 0 spiro atoms. The highest BCUT2D eigenvalue weighted by molar-refractivity contribution is 5.97. The first-order valence-electron chi connectivity index (χ1n) is 12.7. The third-order valence-electron chi connectivity index (χ3n) is 10.6. The summed E-state index contributed by atoms with van der Waals surface area (Å²) in [5.74, 6) is 0.0546. The Hall–Kier alpha value is -1.57. The summed E-state index contributed by atoms with van der Waals surface area (Å²) in [7, 11) is 0. The molecule has 6 heteroatoms. The first-order chi connectivity index (χ1) is 15.9. The van der Waals surface area contributed by atoms with Crippen molar-refractivity contribution in [3.63, 3.8) is 0 Å². The van der Waals surface area contributed by atoms with Crippen molar-refractivity contribution < 1.29 is 29.6 Å². The van der Waals surface area contributed by atoms with Gasteiger partial charge in [-0.05, 0) is 81.1 Å². The summed E-state index contributed by atoms with van der Waals surface area (Å²) < 4.78 is 11.8. The van der Waals surface area contributed by atoms with Gasteiger partial charge in [-0.25, -0.2) is 0 Å². The Bertz CT molecular complexity index is 1080. The number of rotatable bonds is 2. The minimum atomic E-state index is -1.40. The molecule has 1 saturated carbocycles. The average molecular weight is 469 g/mol. The van der Waals surface area contributed by atoms with Crippen LogP contribution in [-0.2, 0) is 20.7 Å². The van der Waals surface area contributed by atoms with Crippen molar-refractivity contribution in [1.82, 2.24) is 0 Å². The minimum absolute atomic E-state index is 0.00408. The molecule has 1 aromatic carbocycles. The monoisotopic (exact) mass is 468 g/mol. The van der Waals surface area contributed by atoms with Crippen LogP contribution in [0.15, 0.2) is 30.4 Å². The number of fused-ring (bicyclic) bond motifs is 6. The lowest BCUT2D eigenvalue weighted by atomic mass is 9.47. The molecular weight excluding hydrogens is 432 g/mol. The molecule has 2 aliphatic heterocycles. The maximum atomic E-state index is 13.1. The number of hydrogen-bond donors (Lipinski definition) is 3. The quantitative estimate of drug-likeness (QED) is 0.577. The summed E-state index contributed by atoms with van der Waals surface area (Å²) in [5, 5.41) is 33.0. The normalized spacial score (nSPS) is 50.0. The Morgan fingerprint density at radius 2 is 1.94 bits per heavy atom. The van der Waals surface area contributed by atoms with E-state index in [0.717, 1.165) is 24.8 Å². The maximum Gasteiger partial charge on any atom is 0.186 e. The number of carbonyl (C=O) groups excluding carboxylic acids is 1. The predicted molar refractivity (Wildman–Crippen MR) is 125 cm³/mol. The van der Waals surface area contributed by atoms with Crippen molar-refractivity contribution in [2.75, 3.05) is 0 Å². The molecule has 1 aromatic rings. The number of hydrogen-bond acceptors (Lipinski definition) is 6. The Kier molecular flexibility index (Phi) is 4.72. The average Bonchev–Trinajstić information content (AvgIpc) is 3.38. The Balaban J connectivity index is 1.29. The van der Waals surface area contributed by atoms with Crippen LogP contribution < -0.4 is 0 Å². The molecule has 0 bridgehead atoms. The second kappa shape index (κ2) is 7.01. The van der Waals surface area contributed by atoms with Gasteiger partial charge in [-0.1, -0.05) is 31.2 Å². The molecule has 3 aliphatic carbocycles. The zero-order chi connectivity index (χ0) is 24.3. The molecule has 0 radical (unpaired) electrons. The van der Waals surface area contributed by atoms with Crippen LogP contribution in [0.25, 0.3) is 0 Å². The van der Waals surface area contributed by atoms with Crippen molar-refractivity contribution in [1.29, 1.82) is 0 Å². The lowest BCUT2D eigenvalue weighted by Crippen LogP contribution is -2.67. The Morgan fingerprint density at radius 1 is 1.18 bits per heavy atom. The second-order valence-corrected chi connectivity index (χ2v) is 12.0. The zero-order valence-electron chi connectivity index (χ0n) is 20.5. The van der Waals surface area contributed by atoms with Crippen LogP contribution in [0.3, 0.4) is 0 Å². The van der Waals surface area contributed by atoms with Crippen LogP contribution in [0, 0.1) is 11.3 Å². The van der Waals surface area contributed by atoms with E-state index >= 15 is 0 Å². The topological polar surface area (TPSA) is 99.5 Å². The second-order valence-electron chi connectivity index (χ2n) is 12.0. The molecule has 6 nitrogen and oxygen atoms in total. The van der Waals surface area contributed by atoms with Gasteiger partial charge in [0.1, 0.15) is 16.8 Å². The van der Waals surface area contributed by atoms with E-state index in [9.17, 15) is 20.1 Å². The van der Waals surface area contributed by atoms with Gasteiger partial charge >= 0.3 is 0 Å². The van der Waals surface area contributed by atoms with Crippen molar-refractivity contribution in [3.8, 4) is 0 Å². The molecule has 0 aromatic heterocycles. The van der Waals surface area contributed by atoms with Gasteiger partial charge in [0.25, 0.3) is 0 Å². The molecule has 3 fully saturated rings. The minimum Gasteiger partial charge on any atom is -0.390 e. The summed E-state index contributed by atoms with van der Waals surface area (Å²) in [4.78, 5) is 13.1. The first-order valence-corrected chi connectivity index (χ1v) is 12.7. The van der Waals surface area contributed by atoms with Crippen LogP contribution in [0.2, 0.25) is 0 Å². The number of epoxide rings is 1. The van der Waals surface area contributed by atoms with E-state index in [1.165, 1.54) is 11.1 Å². The molecule has 34 heavy (non-hydrogen) atoms. The van der Waals surface area contributed by atoms with Gasteiger partial charge in [0.15, 0.2) is 12.1 Å². The summed E-state index contributed by atoms with van der Waals surface area (Å²) in [5.41, 5.74) is 0.258. The summed E-state index contributed by atoms with van der Waals surface area (Å²) in [6, 6.07) is 6.53. The molecule has 6 rings (SSSR count). The highest BCUT2D eigenvalue weighted by Gasteiger charge is 2.72. The first kappa shape index (κ1) is 22.9. The highest BCUT2D eigenvalue weighted by atomic mass is 16.7. The van der Waals surface area contributed by atoms with E-state index in [1.807, 2.05) is 20.8 Å². The third kappa shape index (κ3) is 2.72. The molecule has 3 N–H and O–H groups in total. The fourth-order valence-electron chi connectivity index (χ4n) is 7.80. The SMILES string of the molecule is CC(c1ccc2c(c1)CCC1C2CC(O)C2(O)CC=CC(=O)C12C)C1CC2(C)OC2(C)C(O)O1. The van der Waals surface area contributed by atoms with Gasteiger partial charge in [-0.15, -0.1) is 0 Å². The van der Waals surface area contributed by atoms with E-state index in [-0.39, 0.29) is 35.2 Å². The lowest BCUT2D eigenvalue weighted by Gasteiger charge is -2.59. The van der Waals surface area contributed by atoms with Gasteiger partial charge < -0.3 is 24.8 Å². The molecule has 5 aliphatic rings.